The summed E-state index contributed by atoms with van der Waals surface area (Å²) < 4.78 is 37.0. The van der Waals surface area contributed by atoms with Crippen LogP contribution >= 0.6 is 0 Å². The molecule has 0 aliphatic carbocycles. The van der Waals surface area contributed by atoms with Crippen LogP contribution in [-0.2, 0) is 10.0 Å². The van der Waals surface area contributed by atoms with E-state index in [9.17, 15) is 17.6 Å². The highest BCUT2D eigenvalue weighted by Crippen LogP contribution is 2.29. The molecule has 3 fully saturated rings. The van der Waals surface area contributed by atoms with E-state index >= 15 is 0 Å². The number of hydrogen-bond acceptors (Lipinski definition) is 4. The van der Waals surface area contributed by atoms with E-state index < -0.39 is 21.7 Å². The number of nitrogens with zero attached hydrogens (tertiary/aromatic N) is 2. The molecule has 126 valence electrons. The first kappa shape index (κ1) is 16.4. The Morgan fingerprint density at radius 3 is 2.70 bits per heavy atom. The Balaban J connectivity index is 1.94. The number of hydrogen-bond donors (Lipinski definition) is 1. The predicted octanol–water partition coefficient (Wildman–Crippen LogP) is 0.639. The quantitative estimate of drug-likeness (QED) is 0.856. The Bertz CT molecular complexity index is 737. The van der Waals surface area contributed by atoms with Gasteiger partial charge in [0.25, 0.3) is 5.91 Å². The number of carbonyl (C=O) groups excluding carboxylic acids is 1. The Hall–Kier alpha value is -1.51. The molecule has 3 aliphatic heterocycles. The van der Waals surface area contributed by atoms with Crippen molar-refractivity contribution in [1.82, 2.24) is 9.80 Å². The molecule has 0 unspecified atom stereocenters. The molecule has 8 heteroatoms. The van der Waals surface area contributed by atoms with Crippen molar-refractivity contribution in [1.29, 1.82) is 0 Å². The van der Waals surface area contributed by atoms with Gasteiger partial charge in [-0.05, 0) is 44.0 Å². The van der Waals surface area contributed by atoms with Crippen molar-refractivity contribution >= 4 is 15.9 Å². The van der Waals surface area contributed by atoms with Crippen LogP contribution in [0.15, 0.2) is 23.1 Å². The van der Waals surface area contributed by atoms with Gasteiger partial charge in [-0.3, -0.25) is 4.79 Å². The lowest BCUT2D eigenvalue weighted by Crippen LogP contribution is -2.47. The average Bonchev–Trinajstić information content (AvgIpc) is 2.74. The van der Waals surface area contributed by atoms with Crippen molar-refractivity contribution in [3.05, 3.63) is 29.6 Å². The van der Waals surface area contributed by atoms with E-state index in [0.717, 1.165) is 44.1 Å². The number of likely N-dealkylation sites (N-methyl/N-ethyl adjacent to an activating group) is 1. The van der Waals surface area contributed by atoms with Crippen LogP contribution in [0.3, 0.4) is 0 Å². The standard InChI is InChI=1S/C15H20FN3O3S/c1-18-7-10-2-3-11(9-18)19(8-10)15(20)13-6-12(23(17,21)22)4-5-14(13)16/h4-6,10-11H,2-3,7-9H2,1H3,(H2,17,21,22)/t10-,11+/m1/s1. The van der Waals surface area contributed by atoms with Crippen molar-refractivity contribution in [2.75, 3.05) is 26.7 Å². The lowest BCUT2D eigenvalue weighted by molar-refractivity contribution is 0.0582. The van der Waals surface area contributed by atoms with Crippen LogP contribution < -0.4 is 5.14 Å². The van der Waals surface area contributed by atoms with Gasteiger partial charge in [-0.15, -0.1) is 0 Å². The highest BCUT2D eigenvalue weighted by molar-refractivity contribution is 7.89. The van der Waals surface area contributed by atoms with Gasteiger partial charge in [0.05, 0.1) is 10.5 Å². The molecule has 1 amide bonds. The number of amides is 1. The number of piperidine rings is 1. The molecule has 1 aromatic rings. The van der Waals surface area contributed by atoms with Crippen LogP contribution in [-0.4, -0.2) is 56.8 Å². The van der Waals surface area contributed by atoms with Crippen molar-refractivity contribution in [3.63, 3.8) is 0 Å². The first-order chi connectivity index (χ1) is 10.8. The smallest absolute Gasteiger partial charge is 0.257 e. The lowest BCUT2D eigenvalue weighted by Gasteiger charge is -2.36. The summed E-state index contributed by atoms with van der Waals surface area (Å²) in [7, 11) is -1.96. The molecule has 2 bridgehead atoms. The minimum absolute atomic E-state index is 0.0313. The van der Waals surface area contributed by atoms with Crippen LogP contribution in [0.5, 0.6) is 0 Å². The van der Waals surface area contributed by atoms with E-state index in [-0.39, 0.29) is 16.5 Å². The number of benzene rings is 1. The fraction of sp³-hybridized carbons (Fsp3) is 0.533. The van der Waals surface area contributed by atoms with E-state index in [1.54, 1.807) is 4.90 Å². The fourth-order valence-corrected chi connectivity index (χ4v) is 4.10. The molecule has 0 radical (unpaired) electrons. The number of fused-ring (bicyclic) bond motifs is 4. The normalized spacial score (nSPS) is 25.4. The second kappa shape index (κ2) is 5.85. The zero-order valence-electron chi connectivity index (χ0n) is 12.9. The summed E-state index contributed by atoms with van der Waals surface area (Å²) in [5.74, 6) is -0.818. The van der Waals surface area contributed by atoms with Gasteiger partial charge in [-0.2, -0.15) is 0 Å². The zero-order valence-corrected chi connectivity index (χ0v) is 13.7. The molecule has 1 aromatic carbocycles. The molecule has 2 atom stereocenters. The first-order valence-electron chi connectivity index (χ1n) is 7.57. The van der Waals surface area contributed by atoms with Gasteiger partial charge < -0.3 is 9.80 Å². The van der Waals surface area contributed by atoms with Gasteiger partial charge >= 0.3 is 0 Å². The van der Waals surface area contributed by atoms with Crippen LogP contribution in [0, 0.1) is 11.7 Å². The predicted molar refractivity (Wildman–Crippen MR) is 82.8 cm³/mol. The Morgan fingerprint density at radius 1 is 1.26 bits per heavy atom. The molecule has 3 aliphatic rings. The molecule has 0 spiro atoms. The van der Waals surface area contributed by atoms with E-state index in [2.05, 4.69) is 4.90 Å². The van der Waals surface area contributed by atoms with E-state index in [0.29, 0.717) is 12.5 Å². The molecule has 4 rings (SSSR count). The second-order valence-corrected chi connectivity index (χ2v) is 8.02. The summed E-state index contributed by atoms with van der Waals surface area (Å²) in [6.45, 7) is 2.24. The monoisotopic (exact) mass is 341 g/mol. The van der Waals surface area contributed by atoms with Crippen LogP contribution in [0.25, 0.3) is 0 Å². The van der Waals surface area contributed by atoms with Crippen LogP contribution in [0.4, 0.5) is 4.39 Å². The number of sulfonamides is 1. The molecule has 0 aromatic heterocycles. The first-order valence-corrected chi connectivity index (χ1v) is 9.12. The number of primary sulfonamides is 1. The van der Waals surface area contributed by atoms with Crippen molar-refractivity contribution in [2.24, 2.45) is 11.1 Å². The molecule has 3 saturated heterocycles. The molecule has 3 heterocycles. The van der Waals surface area contributed by atoms with Crippen molar-refractivity contribution in [3.8, 4) is 0 Å². The van der Waals surface area contributed by atoms with Crippen LogP contribution in [0.1, 0.15) is 23.2 Å². The number of carbonyl (C=O) groups is 1. The highest BCUT2D eigenvalue weighted by Gasteiger charge is 2.37. The van der Waals surface area contributed by atoms with Gasteiger partial charge in [-0.25, -0.2) is 17.9 Å². The molecule has 23 heavy (non-hydrogen) atoms. The fourth-order valence-electron chi connectivity index (χ4n) is 3.57. The van der Waals surface area contributed by atoms with Gasteiger partial charge in [-0.1, -0.05) is 0 Å². The summed E-state index contributed by atoms with van der Waals surface area (Å²) in [6, 6.07) is 3.12. The SMILES string of the molecule is CN1C[C@H]2CC[C@@H](C1)N(C(=O)c1cc(S(N)(=O)=O)ccc1F)C2. The summed E-state index contributed by atoms with van der Waals surface area (Å²) in [6.07, 6.45) is 1.94. The Labute approximate surface area is 135 Å². The van der Waals surface area contributed by atoms with E-state index in [1.807, 2.05) is 7.05 Å². The Kier molecular flexibility index (Phi) is 4.16. The molecule has 2 N–H and O–H groups in total. The molecule has 0 saturated carbocycles. The maximum absolute atomic E-state index is 14.1. The maximum atomic E-state index is 14.1. The maximum Gasteiger partial charge on any atom is 0.257 e. The summed E-state index contributed by atoms with van der Waals surface area (Å²) in [5.41, 5.74) is -0.230. The minimum Gasteiger partial charge on any atom is -0.334 e. The van der Waals surface area contributed by atoms with Crippen molar-refractivity contribution in [2.45, 2.75) is 23.8 Å². The minimum atomic E-state index is -3.98. The number of halogens is 1. The third-order valence-corrected chi connectivity index (χ3v) is 5.56. The van der Waals surface area contributed by atoms with Gasteiger partial charge in [0.2, 0.25) is 10.0 Å². The van der Waals surface area contributed by atoms with E-state index in [1.165, 1.54) is 0 Å². The third kappa shape index (κ3) is 3.24. The summed E-state index contributed by atoms with van der Waals surface area (Å²) >= 11 is 0. The average molecular weight is 341 g/mol. The molecule has 6 nitrogen and oxygen atoms in total. The third-order valence-electron chi connectivity index (χ3n) is 4.65. The molecular formula is C15H20FN3O3S. The highest BCUT2D eigenvalue weighted by atomic mass is 32.2. The van der Waals surface area contributed by atoms with Crippen LogP contribution in [0.2, 0.25) is 0 Å². The topological polar surface area (TPSA) is 83.7 Å². The number of nitrogens with two attached hydrogens (primary N) is 1. The second-order valence-electron chi connectivity index (χ2n) is 6.46. The summed E-state index contributed by atoms with van der Waals surface area (Å²) in [4.78, 5) is 16.4. The lowest BCUT2D eigenvalue weighted by atomic mass is 9.94. The largest absolute Gasteiger partial charge is 0.334 e. The summed E-state index contributed by atoms with van der Waals surface area (Å²) in [5, 5.41) is 5.08. The van der Waals surface area contributed by atoms with Crippen molar-refractivity contribution < 1.29 is 17.6 Å². The van der Waals surface area contributed by atoms with Gasteiger partial charge in [0, 0.05) is 25.7 Å². The van der Waals surface area contributed by atoms with Gasteiger partial charge in [0.1, 0.15) is 5.82 Å². The molecular weight excluding hydrogens is 321 g/mol. The van der Waals surface area contributed by atoms with E-state index in [4.69, 9.17) is 5.14 Å². The zero-order chi connectivity index (χ0) is 16.8. The number of rotatable bonds is 2. The van der Waals surface area contributed by atoms with Gasteiger partial charge in [0.15, 0.2) is 0 Å². The Morgan fingerprint density at radius 2 is 2.00 bits per heavy atom.